The summed E-state index contributed by atoms with van der Waals surface area (Å²) in [5, 5.41) is 0. The smallest absolute Gasteiger partial charge is 0.306 e. The Morgan fingerprint density at radius 2 is 1.82 bits per heavy atom. The summed E-state index contributed by atoms with van der Waals surface area (Å²) in [6.45, 7) is 10.0. The Kier molecular flexibility index (Phi) is 7.31. The predicted octanol–water partition coefficient (Wildman–Crippen LogP) is 7.70. The third-order valence-corrected chi connectivity index (χ3v) is 12.3. The van der Waals surface area contributed by atoms with Crippen molar-refractivity contribution >= 4 is 11.8 Å². The van der Waals surface area contributed by atoms with Crippen molar-refractivity contribution in [3.8, 4) is 0 Å². The van der Waals surface area contributed by atoms with Gasteiger partial charge in [0.1, 0.15) is 6.10 Å². The number of carbonyl (C=O) groups is 2. The molecule has 0 aromatic heterocycles. The molecule has 10 atom stereocenters. The molecule has 0 spiro atoms. The molecule has 4 aliphatic carbocycles. The Morgan fingerprint density at radius 3 is 2.59 bits per heavy atom. The molecule has 0 bridgehead atoms. The number of hydrogen-bond acceptors (Lipinski definition) is 4. The van der Waals surface area contributed by atoms with Crippen molar-refractivity contribution in [2.45, 2.75) is 111 Å². The fourth-order valence-corrected chi connectivity index (χ4v) is 10.0. The van der Waals surface area contributed by atoms with Crippen molar-refractivity contribution in [1.82, 2.24) is 0 Å². The van der Waals surface area contributed by atoms with Gasteiger partial charge in [0.05, 0.1) is 12.7 Å². The van der Waals surface area contributed by atoms with Crippen molar-refractivity contribution in [2.24, 2.45) is 46.3 Å². The fraction of sp³-hybridized carbons (Fsp3) is 0.714. The summed E-state index contributed by atoms with van der Waals surface area (Å²) < 4.78 is 12.3. The quantitative estimate of drug-likeness (QED) is 0.352. The molecule has 1 saturated heterocycles. The highest BCUT2D eigenvalue weighted by Crippen LogP contribution is 2.66. The number of cyclic esters (lactones) is 1. The van der Waals surface area contributed by atoms with Crippen LogP contribution in [-0.4, -0.2) is 24.0 Å². The zero-order valence-electron chi connectivity index (χ0n) is 24.5. The molecule has 4 nitrogen and oxygen atoms in total. The summed E-state index contributed by atoms with van der Waals surface area (Å²) in [6.07, 6.45) is 12.9. The zero-order valence-corrected chi connectivity index (χ0v) is 24.5. The fourth-order valence-electron chi connectivity index (χ4n) is 10.0. The molecule has 6 rings (SSSR count). The first-order chi connectivity index (χ1) is 18.7. The second kappa shape index (κ2) is 10.5. The van der Waals surface area contributed by atoms with Crippen LogP contribution in [0.5, 0.6) is 0 Å². The molecular weight excluding hydrogens is 484 g/mol. The highest BCUT2D eigenvalue weighted by Gasteiger charge is 2.61. The van der Waals surface area contributed by atoms with Gasteiger partial charge in [-0.1, -0.05) is 70.0 Å². The number of hydrogen-bond donors (Lipinski definition) is 0. The average molecular weight is 533 g/mol. The number of allylic oxidation sites excluding steroid dienone is 1. The van der Waals surface area contributed by atoms with Crippen molar-refractivity contribution in [2.75, 3.05) is 0 Å². The van der Waals surface area contributed by atoms with Gasteiger partial charge in [0.25, 0.3) is 0 Å². The minimum atomic E-state index is -0.0948. The number of carbonyl (C=O) groups excluding carboxylic acids is 2. The largest absolute Gasteiger partial charge is 0.462 e. The van der Waals surface area contributed by atoms with Gasteiger partial charge in [-0.25, -0.2) is 0 Å². The number of ether oxygens (including phenoxy) is 2. The van der Waals surface area contributed by atoms with Gasteiger partial charge in [-0.2, -0.15) is 0 Å². The van der Waals surface area contributed by atoms with Crippen molar-refractivity contribution in [3.63, 3.8) is 0 Å². The van der Waals surface area contributed by atoms with E-state index in [0.717, 1.165) is 38.5 Å². The Labute approximate surface area is 235 Å². The zero-order chi connectivity index (χ0) is 27.4. The summed E-state index contributed by atoms with van der Waals surface area (Å²) >= 11 is 0. The van der Waals surface area contributed by atoms with Crippen LogP contribution in [0.15, 0.2) is 42.0 Å². The molecule has 5 unspecified atom stereocenters. The van der Waals surface area contributed by atoms with Gasteiger partial charge in [0.2, 0.25) is 0 Å². The van der Waals surface area contributed by atoms with Crippen LogP contribution in [0.1, 0.15) is 97.5 Å². The number of benzene rings is 1. The van der Waals surface area contributed by atoms with Gasteiger partial charge in [0, 0.05) is 18.3 Å². The van der Waals surface area contributed by atoms with E-state index < -0.39 is 0 Å². The molecule has 4 fully saturated rings. The van der Waals surface area contributed by atoms with E-state index >= 15 is 0 Å². The maximum Gasteiger partial charge on any atom is 0.306 e. The van der Waals surface area contributed by atoms with Crippen molar-refractivity contribution < 1.29 is 19.1 Å². The minimum Gasteiger partial charge on any atom is -0.462 e. The lowest BCUT2D eigenvalue weighted by Crippen LogP contribution is -2.55. The second-order valence-corrected chi connectivity index (χ2v) is 14.2. The van der Waals surface area contributed by atoms with Crippen molar-refractivity contribution in [1.29, 1.82) is 0 Å². The average Bonchev–Trinajstić information content (AvgIpc) is 3.21. The molecule has 1 aliphatic heterocycles. The summed E-state index contributed by atoms with van der Waals surface area (Å²) in [6, 6.07) is 10.5. The van der Waals surface area contributed by atoms with Crippen LogP contribution < -0.4 is 0 Å². The predicted molar refractivity (Wildman–Crippen MR) is 153 cm³/mol. The van der Waals surface area contributed by atoms with Crippen LogP contribution in [0, 0.1) is 46.3 Å². The molecule has 212 valence electrons. The number of ketones is 1. The maximum absolute atomic E-state index is 13.8. The van der Waals surface area contributed by atoms with Crippen LogP contribution in [0.4, 0.5) is 0 Å². The van der Waals surface area contributed by atoms with E-state index in [0.29, 0.717) is 54.0 Å². The van der Waals surface area contributed by atoms with Gasteiger partial charge < -0.3 is 9.47 Å². The lowest BCUT2D eigenvalue weighted by atomic mass is 9.44. The van der Waals surface area contributed by atoms with E-state index in [9.17, 15) is 9.59 Å². The first kappa shape index (κ1) is 27.2. The van der Waals surface area contributed by atoms with Gasteiger partial charge in [0.15, 0.2) is 5.78 Å². The Balaban J connectivity index is 1.15. The van der Waals surface area contributed by atoms with E-state index in [1.54, 1.807) is 0 Å². The summed E-state index contributed by atoms with van der Waals surface area (Å²) in [5.74, 6) is 2.68. The van der Waals surface area contributed by atoms with Crippen molar-refractivity contribution in [3.05, 3.63) is 47.5 Å². The Morgan fingerprint density at radius 1 is 1.03 bits per heavy atom. The molecule has 1 aromatic carbocycles. The number of esters is 1. The van der Waals surface area contributed by atoms with Gasteiger partial charge in [-0.3, -0.25) is 9.59 Å². The molecule has 0 radical (unpaired) electrons. The van der Waals surface area contributed by atoms with E-state index in [1.165, 1.54) is 30.4 Å². The lowest BCUT2D eigenvalue weighted by Gasteiger charge is -2.60. The standard InChI is InChI=1S/C35H48O4/c1-5-23-17-31(39-32(37)18-23)22(2)29-20-30(36)33-27-12-11-25-19-26(38-21-24-9-7-6-8-10-24)13-15-34(25,3)28(27)14-16-35(29,33)4/h6-10,20,22-23,25-28,31,33H,5,11-19,21H2,1-4H3/t22-,23+,25?,26-,27?,28?,31?,33?,34-,35+/m0/s1. The molecule has 4 heteroatoms. The molecule has 1 heterocycles. The Bertz CT molecular complexity index is 1110. The molecule has 39 heavy (non-hydrogen) atoms. The molecule has 5 aliphatic rings. The Hall–Kier alpha value is -1.94. The minimum absolute atomic E-state index is 0.0603. The normalized spacial score (nSPS) is 42.6. The first-order valence-electron chi connectivity index (χ1n) is 15.8. The summed E-state index contributed by atoms with van der Waals surface area (Å²) in [4.78, 5) is 26.1. The van der Waals surface area contributed by atoms with E-state index in [1.807, 2.05) is 6.08 Å². The van der Waals surface area contributed by atoms with E-state index in [-0.39, 0.29) is 29.3 Å². The van der Waals surface area contributed by atoms with Gasteiger partial charge >= 0.3 is 5.97 Å². The van der Waals surface area contributed by atoms with Crippen LogP contribution in [-0.2, 0) is 25.7 Å². The van der Waals surface area contributed by atoms with Crippen LogP contribution in [0.3, 0.4) is 0 Å². The molecule has 3 saturated carbocycles. The summed E-state index contributed by atoms with van der Waals surface area (Å²) in [5.41, 5.74) is 2.74. The topological polar surface area (TPSA) is 52.6 Å². The monoisotopic (exact) mass is 532 g/mol. The van der Waals surface area contributed by atoms with Gasteiger partial charge in [-0.05, 0) is 97.5 Å². The van der Waals surface area contributed by atoms with Crippen LogP contribution >= 0.6 is 0 Å². The number of rotatable bonds is 6. The molecule has 1 aromatic rings. The maximum atomic E-state index is 13.8. The molecule has 0 N–H and O–H groups in total. The third kappa shape index (κ3) is 4.73. The number of fused-ring (bicyclic) bond motifs is 5. The molecular formula is C35H48O4. The third-order valence-electron chi connectivity index (χ3n) is 12.3. The first-order valence-corrected chi connectivity index (χ1v) is 15.8. The summed E-state index contributed by atoms with van der Waals surface area (Å²) in [7, 11) is 0. The second-order valence-electron chi connectivity index (χ2n) is 14.2. The van der Waals surface area contributed by atoms with E-state index in [2.05, 4.69) is 58.0 Å². The van der Waals surface area contributed by atoms with Gasteiger partial charge in [-0.15, -0.1) is 0 Å². The highest BCUT2D eigenvalue weighted by atomic mass is 16.5. The lowest BCUT2D eigenvalue weighted by molar-refractivity contribution is -0.160. The van der Waals surface area contributed by atoms with E-state index in [4.69, 9.17) is 9.47 Å². The SMILES string of the molecule is CC[C@H]1CC(=O)OC([C@@H](C)C2=CC(=O)C3C4CCC5C[C@@H](OCc6ccccc6)CC[C@]5(C)C4CC[C@]23C)C1. The van der Waals surface area contributed by atoms with Crippen LogP contribution in [0.25, 0.3) is 0 Å². The molecule has 0 amide bonds. The van der Waals surface area contributed by atoms with Crippen LogP contribution in [0.2, 0.25) is 0 Å². The highest BCUT2D eigenvalue weighted by molar-refractivity contribution is 5.97.